The van der Waals surface area contributed by atoms with Crippen molar-refractivity contribution in [2.24, 2.45) is 5.92 Å². The molecule has 0 aliphatic carbocycles. The van der Waals surface area contributed by atoms with Gasteiger partial charge >= 0.3 is 18.2 Å². The predicted molar refractivity (Wildman–Crippen MR) is 127 cm³/mol. The molecule has 0 aliphatic heterocycles. The van der Waals surface area contributed by atoms with Crippen molar-refractivity contribution in [1.29, 1.82) is 0 Å². The van der Waals surface area contributed by atoms with Crippen molar-refractivity contribution in [2.45, 2.75) is 58.4 Å². The second-order valence-electron chi connectivity index (χ2n) is 8.43. The first-order chi connectivity index (χ1) is 16.4. The Bertz CT molecular complexity index is 1020. The van der Waals surface area contributed by atoms with Crippen LogP contribution >= 0.6 is 15.9 Å². The molecule has 0 fully saturated rings. The average Bonchev–Trinajstić information content (AvgIpc) is 2.76. The molecule has 1 atom stereocenters. The molecule has 2 aromatic rings. The van der Waals surface area contributed by atoms with Crippen molar-refractivity contribution in [3.8, 4) is 5.75 Å². The molecule has 2 rings (SSSR count). The minimum Gasteiger partial charge on any atom is -0.487 e. The van der Waals surface area contributed by atoms with Crippen LogP contribution in [0.1, 0.15) is 44.2 Å². The van der Waals surface area contributed by atoms with Crippen LogP contribution in [0.15, 0.2) is 40.9 Å². The van der Waals surface area contributed by atoms with Crippen molar-refractivity contribution in [3.05, 3.63) is 57.8 Å². The average molecular weight is 563 g/mol. The molecule has 0 aliphatic rings. The first kappa shape index (κ1) is 28.4. The Morgan fingerprint density at radius 3 is 2.37 bits per heavy atom. The summed E-state index contributed by atoms with van der Waals surface area (Å²) in [5.41, 5.74) is -0.173. The van der Waals surface area contributed by atoms with Gasteiger partial charge in [0, 0.05) is 16.1 Å². The van der Waals surface area contributed by atoms with Gasteiger partial charge in [0.25, 0.3) is 0 Å². The summed E-state index contributed by atoms with van der Waals surface area (Å²) in [6.45, 7) is 3.94. The fraction of sp³-hybridized carbons (Fsp3) is 0.417. The lowest BCUT2D eigenvalue weighted by atomic mass is 9.97. The number of alkyl halides is 3. The number of hydrogen-bond acceptors (Lipinski definition) is 3. The van der Waals surface area contributed by atoms with Crippen molar-refractivity contribution in [2.75, 3.05) is 5.32 Å². The van der Waals surface area contributed by atoms with Gasteiger partial charge in [0.1, 0.15) is 18.0 Å². The molecule has 3 N–H and O–H groups in total. The van der Waals surface area contributed by atoms with Crippen molar-refractivity contribution >= 4 is 33.6 Å². The van der Waals surface area contributed by atoms with Gasteiger partial charge in [-0.05, 0) is 30.4 Å². The van der Waals surface area contributed by atoms with Gasteiger partial charge in [-0.15, -0.1) is 0 Å². The molecule has 0 saturated heterocycles. The van der Waals surface area contributed by atoms with E-state index in [4.69, 9.17) is 4.74 Å². The number of hydrogen-bond donors (Lipinski definition) is 3. The third-order valence-corrected chi connectivity index (χ3v) is 5.83. The molecular formula is C24H27BrF4N2O4. The number of nitrogens with one attached hydrogen (secondary N) is 2. The maximum atomic E-state index is 15.5. The zero-order valence-electron chi connectivity index (χ0n) is 19.2. The molecule has 35 heavy (non-hydrogen) atoms. The van der Waals surface area contributed by atoms with Gasteiger partial charge in [-0.1, -0.05) is 73.0 Å². The van der Waals surface area contributed by atoms with Crippen molar-refractivity contribution in [3.63, 3.8) is 0 Å². The SMILES string of the molecule is CC(C)CCC[C@@H](Cc1c(Br)cc(OCc2ccccc2)c(NC(=O)C(F)(F)F)c1F)NC(=O)O. The smallest absolute Gasteiger partial charge is 0.471 e. The van der Waals surface area contributed by atoms with Crippen LogP contribution in [0.3, 0.4) is 0 Å². The van der Waals surface area contributed by atoms with Crippen LogP contribution in [-0.2, 0) is 17.8 Å². The summed E-state index contributed by atoms with van der Waals surface area (Å²) in [7, 11) is 0. The second-order valence-corrected chi connectivity index (χ2v) is 9.28. The van der Waals surface area contributed by atoms with Crippen LogP contribution in [0, 0.1) is 11.7 Å². The third kappa shape index (κ3) is 9.04. The first-order valence-electron chi connectivity index (χ1n) is 10.9. The molecule has 0 saturated carbocycles. The number of rotatable bonds is 11. The highest BCUT2D eigenvalue weighted by Gasteiger charge is 2.40. The zero-order chi connectivity index (χ0) is 26.2. The lowest BCUT2D eigenvalue weighted by Crippen LogP contribution is -2.36. The minimum atomic E-state index is -5.25. The topological polar surface area (TPSA) is 87.7 Å². The maximum Gasteiger partial charge on any atom is 0.471 e. The second kappa shape index (κ2) is 12.8. The Morgan fingerprint density at radius 2 is 1.80 bits per heavy atom. The largest absolute Gasteiger partial charge is 0.487 e. The van der Waals surface area contributed by atoms with Crippen LogP contribution in [0.4, 0.5) is 28.0 Å². The van der Waals surface area contributed by atoms with E-state index in [2.05, 4.69) is 21.2 Å². The maximum absolute atomic E-state index is 15.5. The lowest BCUT2D eigenvalue weighted by Gasteiger charge is -2.22. The molecule has 0 bridgehead atoms. The van der Waals surface area contributed by atoms with Gasteiger partial charge in [-0.2, -0.15) is 13.2 Å². The quantitative estimate of drug-likeness (QED) is 0.267. The van der Waals surface area contributed by atoms with E-state index in [0.29, 0.717) is 24.3 Å². The number of ether oxygens (including phenoxy) is 1. The number of carbonyl (C=O) groups excluding carboxylic acids is 1. The summed E-state index contributed by atoms with van der Waals surface area (Å²) in [6.07, 6.45) is -4.82. The highest BCUT2D eigenvalue weighted by molar-refractivity contribution is 9.10. The van der Waals surface area contributed by atoms with Crippen LogP contribution in [-0.4, -0.2) is 29.3 Å². The first-order valence-corrected chi connectivity index (χ1v) is 11.7. The van der Waals surface area contributed by atoms with E-state index in [1.54, 1.807) is 35.6 Å². The Balaban J connectivity index is 2.40. The molecule has 6 nitrogen and oxygen atoms in total. The van der Waals surface area contributed by atoms with Gasteiger partial charge in [0.05, 0.1) is 0 Å². The highest BCUT2D eigenvalue weighted by Crippen LogP contribution is 2.38. The Kier molecular flexibility index (Phi) is 10.4. The van der Waals surface area contributed by atoms with E-state index in [9.17, 15) is 27.9 Å². The van der Waals surface area contributed by atoms with E-state index < -0.39 is 35.7 Å². The van der Waals surface area contributed by atoms with E-state index in [0.717, 1.165) is 6.42 Å². The summed E-state index contributed by atoms with van der Waals surface area (Å²) in [5, 5.41) is 13.1. The summed E-state index contributed by atoms with van der Waals surface area (Å²) in [4.78, 5) is 22.9. The van der Waals surface area contributed by atoms with E-state index in [1.807, 2.05) is 13.8 Å². The normalized spacial score (nSPS) is 12.3. The molecule has 2 aromatic carbocycles. The van der Waals surface area contributed by atoms with Crippen LogP contribution in [0.2, 0.25) is 0 Å². The molecule has 0 radical (unpaired) electrons. The van der Waals surface area contributed by atoms with Crippen molar-refractivity contribution < 1.29 is 37.0 Å². The summed E-state index contributed by atoms with van der Waals surface area (Å²) in [5.74, 6) is -3.41. The van der Waals surface area contributed by atoms with Gasteiger partial charge < -0.3 is 20.5 Å². The molecule has 2 amide bonds. The van der Waals surface area contributed by atoms with Crippen molar-refractivity contribution in [1.82, 2.24) is 5.32 Å². The monoisotopic (exact) mass is 562 g/mol. The fourth-order valence-electron chi connectivity index (χ4n) is 3.39. The Labute approximate surface area is 209 Å². The number of anilines is 1. The summed E-state index contributed by atoms with van der Waals surface area (Å²) in [6, 6.07) is 9.24. The zero-order valence-corrected chi connectivity index (χ0v) is 20.8. The molecule has 0 spiro atoms. The standard InChI is InChI=1S/C24H27BrF4N2O4/c1-14(2)7-6-10-16(30-23(33)34)11-17-18(25)12-19(35-13-15-8-4-3-5-9-15)21(20(17)26)31-22(32)24(27,28)29/h3-5,8-9,12,14,16,30H,6-7,10-11,13H2,1-2H3,(H,31,32)(H,33,34)/t16-/m0/s1. The molecule has 192 valence electrons. The summed E-state index contributed by atoms with van der Waals surface area (Å²) < 4.78 is 60.1. The molecule has 0 unspecified atom stereocenters. The third-order valence-electron chi connectivity index (χ3n) is 5.12. The lowest BCUT2D eigenvalue weighted by molar-refractivity contribution is -0.167. The van der Waals surface area contributed by atoms with Gasteiger partial charge in [0.2, 0.25) is 0 Å². The summed E-state index contributed by atoms with van der Waals surface area (Å²) >= 11 is 3.22. The van der Waals surface area contributed by atoms with E-state index >= 15 is 4.39 Å². The van der Waals surface area contributed by atoms with Gasteiger partial charge in [0.15, 0.2) is 5.82 Å². The van der Waals surface area contributed by atoms with Crippen LogP contribution < -0.4 is 15.4 Å². The van der Waals surface area contributed by atoms with Crippen LogP contribution in [0.5, 0.6) is 5.75 Å². The van der Waals surface area contributed by atoms with Gasteiger partial charge in [-0.3, -0.25) is 4.79 Å². The molecule has 0 heterocycles. The van der Waals surface area contributed by atoms with Gasteiger partial charge in [-0.25, -0.2) is 9.18 Å². The number of benzene rings is 2. The Morgan fingerprint density at radius 1 is 1.14 bits per heavy atom. The highest BCUT2D eigenvalue weighted by atomic mass is 79.9. The number of carboxylic acid groups (broad SMARTS) is 1. The van der Waals surface area contributed by atoms with E-state index in [-0.39, 0.29) is 28.8 Å². The minimum absolute atomic E-state index is 0.0840. The number of amides is 2. The Hall–Kier alpha value is -2.82. The van der Waals surface area contributed by atoms with Crippen LogP contribution in [0.25, 0.3) is 0 Å². The molecular weight excluding hydrogens is 536 g/mol. The predicted octanol–water partition coefficient (Wildman–Crippen LogP) is 6.67. The van der Waals surface area contributed by atoms with E-state index in [1.165, 1.54) is 6.07 Å². The fourth-order valence-corrected chi connectivity index (χ4v) is 3.94. The molecule has 0 aromatic heterocycles. The number of halogens is 5. The molecule has 11 heteroatoms. The number of carbonyl (C=O) groups is 2.